The standard InChI is InChI=1S/C7H4BrClO3/c8-5-2-3(9)1-4(6(5)10)7(11)12/h1-2,10H,(H,11,12). The second-order valence-corrected chi connectivity index (χ2v) is 3.38. The second-order valence-electron chi connectivity index (χ2n) is 2.09. The van der Waals surface area contributed by atoms with Gasteiger partial charge in [-0.15, -0.1) is 0 Å². The smallest absolute Gasteiger partial charge is 0.339 e. The lowest BCUT2D eigenvalue weighted by Gasteiger charge is -2.01. The lowest BCUT2D eigenvalue weighted by atomic mass is 10.2. The van der Waals surface area contributed by atoms with Crippen molar-refractivity contribution in [3.05, 3.63) is 27.2 Å². The van der Waals surface area contributed by atoms with Crippen molar-refractivity contribution >= 4 is 33.5 Å². The number of hydrogen-bond donors (Lipinski definition) is 2. The fourth-order valence-electron chi connectivity index (χ4n) is 0.729. The lowest BCUT2D eigenvalue weighted by Crippen LogP contribution is -1.96. The van der Waals surface area contributed by atoms with Gasteiger partial charge in [-0.05, 0) is 28.1 Å². The molecule has 0 unspecified atom stereocenters. The van der Waals surface area contributed by atoms with Crippen LogP contribution in [0.25, 0.3) is 0 Å². The molecular formula is C7H4BrClO3. The zero-order valence-electron chi connectivity index (χ0n) is 5.71. The molecule has 0 aliphatic carbocycles. The Morgan fingerprint density at radius 2 is 2.08 bits per heavy atom. The van der Waals surface area contributed by atoms with E-state index in [0.717, 1.165) is 0 Å². The number of aromatic hydroxyl groups is 1. The van der Waals surface area contributed by atoms with E-state index in [0.29, 0.717) is 0 Å². The largest absolute Gasteiger partial charge is 0.506 e. The van der Waals surface area contributed by atoms with Gasteiger partial charge in [-0.25, -0.2) is 4.79 Å². The van der Waals surface area contributed by atoms with Crippen LogP contribution in [0.1, 0.15) is 10.4 Å². The zero-order valence-corrected chi connectivity index (χ0v) is 8.06. The molecular weight excluding hydrogens is 247 g/mol. The maximum atomic E-state index is 10.5. The van der Waals surface area contributed by atoms with Crippen LogP contribution in [0.2, 0.25) is 5.02 Å². The Kier molecular flexibility index (Phi) is 2.59. The van der Waals surface area contributed by atoms with E-state index in [1.165, 1.54) is 12.1 Å². The first-order chi connectivity index (χ1) is 5.52. The normalized spacial score (nSPS) is 9.83. The molecule has 64 valence electrons. The first kappa shape index (κ1) is 9.35. The molecule has 1 aromatic carbocycles. The predicted molar refractivity (Wildman–Crippen MR) is 47.8 cm³/mol. The Morgan fingerprint density at radius 3 is 2.58 bits per heavy atom. The van der Waals surface area contributed by atoms with Crippen LogP contribution in [0.3, 0.4) is 0 Å². The molecule has 0 bridgehead atoms. The van der Waals surface area contributed by atoms with Crippen molar-refractivity contribution in [2.45, 2.75) is 0 Å². The van der Waals surface area contributed by atoms with Gasteiger partial charge in [-0.1, -0.05) is 11.6 Å². The van der Waals surface area contributed by atoms with Gasteiger partial charge in [-0.2, -0.15) is 0 Å². The predicted octanol–water partition coefficient (Wildman–Crippen LogP) is 2.51. The number of carboxylic acids is 1. The highest BCUT2D eigenvalue weighted by molar-refractivity contribution is 9.10. The minimum atomic E-state index is -1.21. The third-order valence-corrected chi connectivity index (χ3v) is 2.08. The van der Waals surface area contributed by atoms with Crippen molar-refractivity contribution in [3.63, 3.8) is 0 Å². The third kappa shape index (κ3) is 1.70. The summed E-state index contributed by atoms with van der Waals surface area (Å²) in [6, 6.07) is 2.60. The maximum Gasteiger partial charge on any atom is 0.339 e. The Hall–Kier alpha value is -0.740. The van der Waals surface area contributed by atoms with Gasteiger partial charge in [-0.3, -0.25) is 0 Å². The number of phenols is 1. The summed E-state index contributed by atoms with van der Waals surface area (Å²) in [4.78, 5) is 10.5. The molecule has 3 nitrogen and oxygen atoms in total. The van der Waals surface area contributed by atoms with Crippen molar-refractivity contribution in [2.75, 3.05) is 0 Å². The van der Waals surface area contributed by atoms with Crippen LogP contribution in [-0.2, 0) is 0 Å². The molecule has 0 radical (unpaired) electrons. The SMILES string of the molecule is O=C(O)c1cc(Cl)cc(Br)c1O. The van der Waals surface area contributed by atoms with Crippen molar-refractivity contribution in [2.24, 2.45) is 0 Å². The number of aromatic carboxylic acids is 1. The zero-order chi connectivity index (χ0) is 9.30. The molecule has 0 saturated heterocycles. The summed E-state index contributed by atoms with van der Waals surface area (Å²) in [6.07, 6.45) is 0. The van der Waals surface area contributed by atoms with Crippen LogP contribution in [0.15, 0.2) is 16.6 Å². The monoisotopic (exact) mass is 250 g/mol. The first-order valence-corrected chi connectivity index (χ1v) is 4.10. The van der Waals surface area contributed by atoms with Gasteiger partial charge in [0.1, 0.15) is 11.3 Å². The van der Waals surface area contributed by atoms with Gasteiger partial charge in [0.15, 0.2) is 0 Å². The summed E-state index contributed by atoms with van der Waals surface area (Å²) < 4.78 is 0.271. The van der Waals surface area contributed by atoms with Crippen LogP contribution in [0.5, 0.6) is 5.75 Å². The summed E-state index contributed by atoms with van der Waals surface area (Å²) in [7, 11) is 0. The number of benzene rings is 1. The fourth-order valence-corrected chi connectivity index (χ4v) is 1.54. The van der Waals surface area contributed by atoms with E-state index >= 15 is 0 Å². The van der Waals surface area contributed by atoms with Crippen molar-refractivity contribution in [3.8, 4) is 5.75 Å². The van der Waals surface area contributed by atoms with Gasteiger partial charge >= 0.3 is 5.97 Å². The van der Waals surface area contributed by atoms with Crippen molar-refractivity contribution in [1.29, 1.82) is 0 Å². The fraction of sp³-hybridized carbons (Fsp3) is 0. The number of carboxylic acid groups (broad SMARTS) is 1. The minimum absolute atomic E-state index is 0.214. The van der Waals surface area contributed by atoms with E-state index in [4.69, 9.17) is 16.7 Å². The first-order valence-electron chi connectivity index (χ1n) is 2.93. The van der Waals surface area contributed by atoms with Gasteiger partial charge in [0.25, 0.3) is 0 Å². The molecule has 0 aliphatic rings. The van der Waals surface area contributed by atoms with Crippen LogP contribution < -0.4 is 0 Å². The van der Waals surface area contributed by atoms with E-state index in [2.05, 4.69) is 15.9 Å². The van der Waals surface area contributed by atoms with E-state index < -0.39 is 5.97 Å². The molecule has 1 rings (SSSR count). The van der Waals surface area contributed by atoms with Crippen LogP contribution >= 0.6 is 27.5 Å². The maximum absolute atomic E-state index is 10.5. The van der Waals surface area contributed by atoms with Crippen LogP contribution in [0.4, 0.5) is 0 Å². The Morgan fingerprint density at radius 1 is 1.50 bits per heavy atom. The van der Waals surface area contributed by atoms with Crippen LogP contribution in [-0.4, -0.2) is 16.2 Å². The molecule has 12 heavy (non-hydrogen) atoms. The van der Waals surface area contributed by atoms with Crippen molar-refractivity contribution < 1.29 is 15.0 Å². The van der Waals surface area contributed by atoms with E-state index in [1.807, 2.05) is 0 Å². The molecule has 2 N–H and O–H groups in total. The average molecular weight is 251 g/mol. The van der Waals surface area contributed by atoms with Gasteiger partial charge in [0.2, 0.25) is 0 Å². The number of rotatable bonds is 1. The molecule has 0 atom stereocenters. The minimum Gasteiger partial charge on any atom is -0.506 e. The quantitative estimate of drug-likeness (QED) is 0.806. The summed E-state index contributed by atoms with van der Waals surface area (Å²) >= 11 is 8.53. The summed E-state index contributed by atoms with van der Waals surface area (Å²) in [5.74, 6) is -1.53. The number of carbonyl (C=O) groups is 1. The molecule has 0 saturated carbocycles. The Balaban J connectivity index is 3.37. The highest BCUT2D eigenvalue weighted by Crippen LogP contribution is 2.31. The molecule has 0 aliphatic heterocycles. The third-order valence-electron chi connectivity index (χ3n) is 1.26. The second kappa shape index (κ2) is 3.33. The topological polar surface area (TPSA) is 57.5 Å². The summed E-state index contributed by atoms with van der Waals surface area (Å²) in [5.41, 5.74) is -0.214. The van der Waals surface area contributed by atoms with Gasteiger partial charge in [0, 0.05) is 5.02 Å². The number of hydrogen-bond acceptors (Lipinski definition) is 2. The lowest BCUT2D eigenvalue weighted by molar-refractivity contribution is 0.0693. The highest BCUT2D eigenvalue weighted by Gasteiger charge is 2.13. The van der Waals surface area contributed by atoms with Gasteiger partial charge < -0.3 is 10.2 Å². The molecule has 5 heteroatoms. The van der Waals surface area contributed by atoms with E-state index in [9.17, 15) is 9.90 Å². The average Bonchev–Trinajstić information content (AvgIpc) is 1.96. The van der Waals surface area contributed by atoms with Crippen LogP contribution in [0, 0.1) is 0 Å². The van der Waals surface area contributed by atoms with E-state index in [1.54, 1.807) is 0 Å². The Labute approximate surface area is 81.7 Å². The molecule has 0 amide bonds. The summed E-state index contributed by atoms with van der Waals surface area (Å²) in [5, 5.41) is 18.0. The van der Waals surface area contributed by atoms with Gasteiger partial charge in [0.05, 0.1) is 4.47 Å². The molecule has 0 aromatic heterocycles. The molecule has 0 spiro atoms. The number of halogens is 2. The molecule has 0 fully saturated rings. The summed E-state index contributed by atoms with van der Waals surface area (Å²) in [6.45, 7) is 0. The van der Waals surface area contributed by atoms with Crippen molar-refractivity contribution in [1.82, 2.24) is 0 Å². The molecule has 0 heterocycles. The van der Waals surface area contributed by atoms with E-state index in [-0.39, 0.29) is 20.8 Å². The highest BCUT2D eigenvalue weighted by atomic mass is 79.9. The Bertz CT molecular complexity index is 338. The molecule has 1 aromatic rings.